The molecule has 1 aliphatic carbocycles. The Morgan fingerprint density at radius 1 is 1.10 bits per heavy atom. The van der Waals surface area contributed by atoms with Crippen LogP contribution in [0.2, 0.25) is 0 Å². The highest BCUT2D eigenvalue weighted by Gasteiger charge is 2.45. The van der Waals surface area contributed by atoms with E-state index in [1.54, 1.807) is 0 Å². The number of fused-ring (bicyclic) bond motifs is 1. The summed E-state index contributed by atoms with van der Waals surface area (Å²) in [4.78, 5) is 0. The second-order valence-corrected chi connectivity index (χ2v) is 8.66. The van der Waals surface area contributed by atoms with Gasteiger partial charge in [0.05, 0.1) is 29.4 Å². The highest BCUT2D eigenvalue weighted by molar-refractivity contribution is 6.41. The first-order valence-corrected chi connectivity index (χ1v) is 10.3. The van der Waals surface area contributed by atoms with E-state index in [-0.39, 0.29) is 0 Å². The van der Waals surface area contributed by atoms with Crippen LogP contribution in [-0.2, 0) is 22.8 Å². The number of rotatable bonds is 5. The highest BCUT2D eigenvalue weighted by atomic mass is 16.5. The Kier molecular flexibility index (Phi) is 5.96. The van der Waals surface area contributed by atoms with Crippen molar-refractivity contribution in [2.75, 3.05) is 13.7 Å². The van der Waals surface area contributed by atoms with Crippen LogP contribution in [0.3, 0.4) is 0 Å². The number of hydrogen-bond donors (Lipinski definition) is 4. The molecular weight excluding hydrogens is 394 g/mol. The van der Waals surface area contributed by atoms with Crippen molar-refractivity contribution < 1.29 is 29.9 Å². The molecule has 8 heteroatoms. The molecule has 0 aromatic heterocycles. The van der Waals surface area contributed by atoms with Crippen molar-refractivity contribution >= 4 is 15.7 Å². The fourth-order valence-corrected chi connectivity index (χ4v) is 4.57. The third-order valence-corrected chi connectivity index (χ3v) is 6.44. The molecule has 1 heterocycles. The molecule has 0 amide bonds. The van der Waals surface area contributed by atoms with Crippen LogP contribution in [-0.4, -0.2) is 74.3 Å². The van der Waals surface area contributed by atoms with Gasteiger partial charge in [-0.05, 0) is 54.2 Å². The molecule has 1 aliphatic heterocycles. The third kappa shape index (κ3) is 3.92. The van der Waals surface area contributed by atoms with Crippen molar-refractivity contribution in [3.63, 3.8) is 0 Å². The van der Waals surface area contributed by atoms with Crippen molar-refractivity contribution in [2.45, 2.75) is 55.5 Å². The maximum absolute atomic E-state index is 10.6. The van der Waals surface area contributed by atoms with E-state index in [1.807, 2.05) is 31.2 Å². The number of aliphatic hydroxyl groups is 4. The van der Waals surface area contributed by atoms with Crippen LogP contribution in [0.15, 0.2) is 30.3 Å². The van der Waals surface area contributed by atoms with Crippen molar-refractivity contribution in [2.24, 2.45) is 0 Å². The van der Waals surface area contributed by atoms with Gasteiger partial charge in [0.1, 0.15) is 36.3 Å². The molecule has 2 aromatic rings. The number of aliphatic hydroxyl groups excluding tert-OH is 4. The summed E-state index contributed by atoms with van der Waals surface area (Å²) in [6, 6.07) is 9.81. The summed E-state index contributed by atoms with van der Waals surface area (Å²) in [5.41, 5.74) is 5.75. The standard InChI is InChI=1S/C23H26B2O6/c1-11-5-17(30-2)15(22-21(29)20(28)19(27)18(10-26)31-22)8-13(11)6-12-3-4-16-14(7-12)9-23(16,24)25/h3-5,7-8,18-22,26-29H,6,9-10H2,1-2H3/t18-,19-,20+,21-,22+/m1/s1. The lowest BCUT2D eigenvalue weighted by Gasteiger charge is -2.40. The predicted octanol–water partition coefficient (Wildman–Crippen LogP) is 0.155. The van der Waals surface area contributed by atoms with Gasteiger partial charge in [-0.3, -0.25) is 0 Å². The van der Waals surface area contributed by atoms with E-state index >= 15 is 0 Å². The Balaban J connectivity index is 1.67. The minimum atomic E-state index is -1.45. The predicted molar refractivity (Wildman–Crippen MR) is 117 cm³/mol. The van der Waals surface area contributed by atoms with Gasteiger partial charge in [0.15, 0.2) is 0 Å². The summed E-state index contributed by atoms with van der Waals surface area (Å²) in [7, 11) is 13.6. The Bertz CT molecular complexity index is 977. The third-order valence-electron chi connectivity index (χ3n) is 6.44. The van der Waals surface area contributed by atoms with Gasteiger partial charge in [0.2, 0.25) is 0 Å². The number of aryl methyl sites for hydroxylation is 1. The number of ether oxygens (including phenoxy) is 2. The molecule has 1 fully saturated rings. The average Bonchev–Trinajstić information content (AvgIpc) is 2.73. The fourth-order valence-electron chi connectivity index (χ4n) is 4.57. The van der Waals surface area contributed by atoms with E-state index in [1.165, 1.54) is 7.11 Å². The number of methoxy groups -OCH3 is 1. The van der Waals surface area contributed by atoms with E-state index in [9.17, 15) is 20.4 Å². The van der Waals surface area contributed by atoms with Crippen molar-refractivity contribution in [3.05, 3.63) is 63.7 Å². The minimum Gasteiger partial charge on any atom is -0.496 e. The van der Waals surface area contributed by atoms with Gasteiger partial charge < -0.3 is 29.9 Å². The van der Waals surface area contributed by atoms with Gasteiger partial charge in [-0.15, -0.1) is 0 Å². The molecule has 2 aliphatic rings. The molecule has 2 aromatic carbocycles. The van der Waals surface area contributed by atoms with Gasteiger partial charge >= 0.3 is 0 Å². The fraction of sp³-hybridized carbons (Fsp3) is 0.478. The number of benzene rings is 2. The van der Waals surface area contributed by atoms with E-state index in [0.29, 0.717) is 24.2 Å². The molecule has 1 saturated heterocycles. The van der Waals surface area contributed by atoms with Crippen LogP contribution in [0, 0.1) is 6.92 Å². The first-order valence-electron chi connectivity index (χ1n) is 10.3. The van der Waals surface area contributed by atoms with E-state index in [4.69, 9.17) is 25.2 Å². The second-order valence-electron chi connectivity index (χ2n) is 8.66. The summed E-state index contributed by atoms with van der Waals surface area (Å²) in [5.74, 6) is 0.499. The van der Waals surface area contributed by atoms with Gasteiger partial charge in [-0.1, -0.05) is 29.0 Å². The topological polar surface area (TPSA) is 99.4 Å². The van der Waals surface area contributed by atoms with Gasteiger partial charge in [0.25, 0.3) is 0 Å². The molecule has 0 unspecified atom stereocenters. The van der Waals surface area contributed by atoms with Crippen molar-refractivity contribution in [3.8, 4) is 5.75 Å². The Morgan fingerprint density at radius 3 is 2.45 bits per heavy atom. The molecule has 4 radical (unpaired) electrons. The van der Waals surface area contributed by atoms with Crippen LogP contribution in [0.25, 0.3) is 0 Å². The minimum absolute atomic E-state index is 0.485. The maximum Gasteiger partial charge on any atom is 0.125 e. The molecule has 160 valence electrons. The molecule has 31 heavy (non-hydrogen) atoms. The molecule has 0 bridgehead atoms. The zero-order chi connectivity index (χ0) is 22.5. The SMILES string of the molecule is [B]C1([B])Cc2cc(Cc3cc([C@@H]4O[C@H](CO)[C@@H](O)[C@H](O)[C@H]4O)c(OC)cc3C)ccc21. The summed E-state index contributed by atoms with van der Waals surface area (Å²) in [5, 5.41) is 39.6. The Morgan fingerprint density at radius 2 is 1.84 bits per heavy atom. The maximum atomic E-state index is 10.6. The molecule has 0 spiro atoms. The van der Waals surface area contributed by atoms with Crippen LogP contribution >= 0.6 is 0 Å². The molecule has 4 rings (SSSR count). The Hall–Kier alpha value is -1.83. The van der Waals surface area contributed by atoms with Gasteiger partial charge in [0, 0.05) is 5.56 Å². The lowest BCUT2D eigenvalue weighted by molar-refractivity contribution is -0.232. The van der Waals surface area contributed by atoms with Crippen molar-refractivity contribution in [1.82, 2.24) is 0 Å². The summed E-state index contributed by atoms with van der Waals surface area (Å²) in [6.45, 7) is 1.49. The molecule has 4 N–H and O–H groups in total. The summed E-state index contributed by atoms with van der Waals surface area (Å²) < 4.78 is 11.3. The smallest absolute Gasteiger partial charge is 0.125 e. The van der Waals surface area contributed by atoms with Crippen LogP contribution < -0.4 is 4.74 Å². The normalized spacial score (nSPS) is 29.2. The largest absolute Gasteiger partial charge is 0.496 e. The van der Waals surface area contributed by atoms with Gasteiger partial charge in [-0.2, -0.15) is 0 Å². The lowest BCUT2D eigenvalue weighted by Crippen LogP contribution is -2.55. The van der Waals surface area contributed by atoms with Crippen LogP contribution in [0.5, 0.6) is 5.75 Å². The molecular formula is C23H26B2O6. The second kappa shape index (κ2) is 8.26. The first kappa shape index (κ1) is 22.4. The van der Waals surface area contributed by atoms with Crippen molar-refractivity contribution in [1.29, 1.82) is 0 Å². The zero-order valence-electron chi connectivity index (χ0n) is 17.7. The van der Waals surface area contributed by atoms with Gasteiger partial charge in [-0.25, -0.2) is 0 Å². The van der Waals surface area contributed by atoms with E-state index < -0.39 is 42.3 Å². The summed E-state index contributed by atoms with van der Waals surface area (Å²) >= 11 is 0. The average molecular weight is 420 g/mol. The first-order chi connectivity index (χ1) is 14.7. The zero-order valence-corrected chi connectivity index (χ0v) is 17.7. The number of hydrogen-bond acceptors (Lipinski definition) is 6. The van der Waals surface area contributed by atoms with E-state index in [0.717, 1.165) is 27.8 Å². The molecule has 0 saturated carbocycles. The van der Waals surface area contributed by atoms with Crippen LogP contribution in [0.4, 0.5) is 0 Å². The Labute approximate surface area is 184 Å². The lowest BCUT2D eigenvalue weighted by atomic mass is 9.42. The highest BCUT2D eigenvalue weighted by Crippen LogP contribution is 2.40. The quantitative estimate of drug-likeness (QED) is 0.515. The monoisotopic (exact) mass is 420 g/mol. The van der Waals surface area contributed by atoms with E-state index in [2.05, 4.69) is 6.07 Å². The molecule has 5 atom stereocenters. The molecule has 6 nitrogen and oxygen atoms in total. The summed E-state index contributed by atoms with van der Waals surface area (Å²) in [6.07, 6.45) is -4.92. The van der Waals surface area contributed by atoms with Crippen LogP contribution in [0.1, 0.15) is 39.5 Å².